The van der Waals surface area contributed by atoms with E-state index in [1.807, 2.05) is 0 Å². The van der Waals surface area contributed by atoms with Gasteiger partial charge in [-0.1, -0.05) is 38.0 Å². The van der Waals surface area contributed by atoms with Crippen molar-refractivity contribution in [2.45, 2.75) is 38.6 Å². The minimum Gasteiger partial charge on any atom is -0.459 e. The summed E-state index contributed by atoms with van der Waals surface area (Å²) in [5.41, 5.74) is 1.02. The highest BCUT2D eigenvalue weighted by Gasteiger charge is 2.54. The van der Waals surface area contributed by atoms with E-state index in [9.17, 15) is 0 Å². The summed E-state index contributed by atoms with van der Waals surface area (Å²) in [6.45, 7) is 3.21. The number of rotatable bonds is 4. The van der Waals surface area contributed by atoms with E-state index in [1.54, 1.807) is 0 Å². The first-order chi connectivity index (χ1) is 9.88. The van der Waals surface area contributed by atoms with E-state index >= 15 is 0 Å². The van der Waals surface area contributed by atoms with Crippen LogP contribution in [-0.2, 0) is 0 Å². The molecule has 2 aliphatic rings. The Morgan fingerprint density at radius 2 is 1.95 bits per heavy atom. The van der Waals surface area contributed by atoms with Crippen molar-refractivity contribution in [3.63, 3.8) is 0 Å². The highest BCUT2D eigenvalue weighted by atomic mass is 16.3. The van der Waals surface area contributed by atoms with Gasteiger partial charge in [0.15, 0.2) is 0 Å². The first-order valence-electron chi connectivity index (χ1n) is 8.10. The van der Waals surface area contributed by atoms with Gasteiger partial charge in [-0.2, -0.15) is 0 Å². The maximum Gasteiger partial charge on any atom is 0.134 e. The second-order valence-corrected chi connectivity index (χ2v) is 6.41. The van der Waals surface area contributed by atoms with E-state index in [-0.39, 0.29) is 0 Å². The van der Waals surface area contributed by atoms with Gasteiger partial charge in [-0.05, 0) is 49.3 Å². The minimum absolute atomic E-state index is 0.417. The molecule has 2 aromatic rings. The van der Waals surface area contributed by atoms with E-state index in [0.717, 1.165) is 35.6 Å². The lowest BCUT2D eigenvalue weighted by atomic mass is 10.0. The molecule has 4 rings (SSSR count). The fourth-order valence-corrected chi connectivity index (χ4v) is 4.34. The predicted molar refractivity (Wildman–Crippen MR) is 81.6 cm³/mol. The third kappa shape index (κ3) is 1.98. The zero-order valence-electron chi connectivity index (χ0n) is 12.1. The van der Waals surface area contributed by atoms with Crippen LogP contribution in [0, 0.1) is 17.8 Å². The zero-order valence-corrected chi connectivity index (χ0v) is 12.1. The van der Waals surface area contributed by atoms with E-state index in [2.05, 4.69) is 42.6 Å². The standard InChI is InChI=1S/C18H23NO/c1-2-19-18(17-13-8-4-5-9-14(13)17)16-11-12-7-3-6-10-15(12)20-16/h3,6-7,10-11,13-14,17-19H,2,4-5,8-9H2,1H3. The molecular weight excluding hydrogens is 246 g/mol. The van der Waals surface area contributed by atoms with Gasteiger partial charge in [0.25, 0.3) is 0 Å². The van der Waals surface area contributed by atoms with Crippen molar-refractivity contribution in [2.75, 3.05) is 6.54 Å². The number of fused-ring (bicyclic) bond motifs is 2. The van der Waals surface area contributed by atoms with Gasteiger partial charge >= 0.3 is 0 Å². The lowest BCUT2D eigenvalue weighted by Crippen LogP contribution is -2.23. The summed E-state index contributed by atoms with van der Waals surface area (Å²) in [6, 6.07) is 11.0. The monoisotopic (exact) mass is 269 g/mol. The Bertz CT molecular complexity index is 557. The van der Waals surface area contributed by atoms with Crippen LogP contribution in [-0.4, -0.2) is 6.54 Å². The molecule has 3 unspecified atom stereocenters. The third-order valence-corrected chi connectivity index (χ3v) is 5.28. The van der Waals surface area contributed by atoms with Gasteiger partial charge in [-0.25, -0.2) is 0 Å². The molecule has 0 saturated heterocycles. The van der Waals surface area contributed by atoms with Crippen LogP contribution in [0.15, 0.2) is 34.7 Å². The average Bonchev–Trinajstić information content (AvgIpc) is 3.03. The Balaban J connectivity index is 1.65. The normalized spacial score (nSPS) is 30.1. The first kappa shape index (κ1) is 12.5. The second-order valence-electron chi connectivity index (χ2n) is 6.41. The summed E-state index contributed by atoms with van der Waals surface area (Å²) in [5.74, 6) is 3.84. The number of hydrogen-bond acceptors (Lipinski definition) is 2. The molecule has 0 aliphatic heterocycles. The summed E-state index contributed by atoms with van der Waals surface area (Å²) in [6.07, 6.45) is 5.71. The van der Waals surface area contributed by atoms with Crippen LogP contribution in [0.1, 0.15) is 44.4 Å². The Kier molecular flexibility index (Phi) is 3.07. The van der Waals surface area contributed by atoms with Gasteiger partial charge in [0.2, 0.25) is 0 Å². The van der Waals surface area contributed by atoms with Crippen LogP contribution < -0.4 is 5.32 Å². The van der Waals surface area contributed by atoms with E-state index < -0.39 is 0 Å². The molecule has 106 valence electrons. The van der Waals surface area contributed by atoms with Crippen molar-refractivity contribution >= 4 is 11.0 Å². The molecule has 1 heterocycles. The number of furan rings is 1. The van der Waals surface area contributed by atoms with Crippen LogP contribution in [0.5, 0.6) is 0 Å². The highest BCUT2D eigenvalue weighted by molar-refractivity contribution is 5.77. The van der Waals surface area contributed by atoms with Crippen molar-refractivity contribution < 1.29 is 4.42 Å². The molecule has 20 heavy (non-hydrogen) atoms. The lowest BCUT2D eigenvalue weighted by Gasteiger charge is -2.15. The Hall–Kier alpha value is -1.28. The molecule has 0 spiro atoms. The maximum atomic E-state index is 6.13. The molecule has 2 nitrogen and oxygen atoms in total. The van der Waals surface area contributed by atoms with Crippen molar-refractivity contribution in [2.24, 2.45) is 17.8 Å². The zero-order chi connectivity index (χ0) is 13.5. The summed E-state index contributed by atoms with van der Waals surface area (Å²) >= 11 is 0. The molecule has 2 saturated carbocycles. The largest absolute Gasteiger partial charge is 0.459 e. The molecule has 1 aromatic heterocycles. The van der Waals surface area contributed by atoms with Gasteiger partial charge in [-0.3, -0.25) is 0 Å². The van der Waals surface area contributed by atoms with E-state index in [0.29, 0.717) is 6.04 Å². The van der Waals surface area contributed by atoms with Crippen LogP contribution in [0.4, 0.5) is 0 Å². The Morgan fingerprint density at radius 3 is 2.65 bits per heavy atom. The highest BCUT2D eigenvalue weighted by Crippen LogP contribution is 2.60. The van der Waals surface area contributed by atoms with Crippen LogP contribution >= 0.6 is 0 Å². The topological polar surface area (TPSA) is 25.2 Å². The van der Waals surface area contributed by atoms with Crippen molar-refractivity contribution in [1.82, 2.24) is 5.32 Å². The fraction of sp³-hybridized carbons (Fsp3) is 0.556. The Labute approximate surface area is 120 Å². The summed E-state index contributed by atoms with van der Waals surface area (Å²) in [7, 11) is 0. The van der Waals surface area contributed by atoms with Gasteiger partial charge in [0, 0.05) is 5.39 Å². The average molecular weight is 269 g/mol. The molecule has 2 fully saturated rings. The summed E-state index contributed by atoms with van der Waals surface area (Å²) in [5, 5.41) is 4.92. The van der Waals surface area contributed by atoms with Crippen LogP contribution in [0.25, 0.3) is 11.0 Å². The molecule has 0 radical (unpaired) electrons. The molecule has 2 heteroatoms. The smallest absolute Gasteiger partial charge is 0.134 e. The van der Waals surface area contributed by atoms with Gasteiger partial charge in [0.05, 0.1) is 6.04 Å². The van der Waals surface area contributed by atoms with Gasteiger partial charge in [-0.15, -0.1) is 0 Å². The molecule has 1 aromatic carbocycles. The SMILES string of the molecule is CCNC(c1cc2ccccc2o1)C1C2CCCCC21. The van der Waals surface area contributed by atoms with Crippen molar-refractivity contribution in [3.8, 4) is 0 Å². The van der Waals surface area contributed by atoms with E-state index in [1.165, 1.54) is 31.1 Å². The van der Waals surface area contributed by atoms with Crippen LogP contribution in [0.3, 0.4) is 0 Å². The number of benzene rings is 1. The molecule has 1 N–H and O–H groups in total. The lowest BCUT2D eigenvalue weighted by molar-refractivity contribution is 0.381. The molecule has 0 bridgehead atoms. The molecule has 2 aliphatic carbocycles. The van der Waals surface area contributed by atoms with Gasteiger partial charge in [0.1, 0.15) is 11.3 Å². The molecule has 3 atom stereocenters. The summed E-state index contributed by atoms with van der Waals surface area (Å²) in [4.78, 5) is 0. The van der Waals surface area contributed by atoms with Crippen molar-refractivity contribution in [1.29, 1.82) is 0 Å². The number of nitrogens with one attached hydrogen (secondary N) is 1. The summed E-state index contributed by atoms with van der Waals surface area (Å²) < 4.78 is 6.13. The third-order valence-electron chi connectivity index (χ3n) is 5.28. The molecule has 0 amide bonds. The number of hydrogen-bond donors (Lipinski definition) is 1. The maximum absolute atomic E-state index is 6.13. The number of para-hydroxylation sites is 1. The predicted octanol–water partition coefficient (Wildman–Crippen LogP) is 4.52. The van der Waals surface area contributed by atoms with E-state index in [4.69, 9.17) is 4.42 Å². The quantitative estimate of drug-likeness (QED) is 0.882. The minimum atomic E-state index is 0.417. The van der Waals surface area contributed by atoms with Crippen molar-refractivity contribution in [3.05, 3.63) is 36.1 Å². The van der Waals surface area contributed by atoms with Gasteiger partial charge < -0.3 is 9.73 Å². The van der Waals surface area contributed by atoms with Crippen LogP contribution in [0.2, 0.25) is 0 Å². The molecular formula is C18H23NO. The first-order valence-corrected chi connectivity index (χ1v) is 8.10. The Morgan fingerprint density at radius 1 is 1.20 bits per heavy atom. The fourth-order valence-electron chi connectivity index (χ4n) is 4.34. The second kappa shape index (κ2) is 4.92.